The highest BCUT2D eigenvalue weighted by Gasteiger charge is 2.36. The first-order chi connectivity index (χ1) is 7.54. The first-order valence-corrected chi connectivity index (χ1v) is 7.05. The minimum absolute atomic E-state index is 0.0343. The third-order valence-electron chi connectivity index (χ3n) is 2.97. The van der Waals surface area contributed by atoms with Crippen molar-refractivity contribution in [3.63, 3.8) is 0 Å². The van der Waals surface area contributed by atoms with Gasteiger partial charge in [0.05, 0.1) is 6.07 Å². The molecule has 0 aliphatic carbocycles. The topological polar surface area (TPSA) is 81.4 Å². The van der Waals surface area contributed by atoms with Gasteiger partial charge >= 0.3 is 0 Å². The van der Waals surface area contributed by atoms with Crippen LogP contribution in [0.15, 0.2) is 0 Å². The van der Waals surface area contributed by atoms with Gasteiger partial charge in [0, 0.05) is 19.2 Å². The molecule has 0 aromatic heterocycles. The summed E-state index contributed by atoms with van der Waals surface area (Å²) in [5.74, 6) is 0. The molecule has 0 radical (unpaired) electrons. The molecule has 0 saturated carbocycles. The molecule has 16 heavy (non-hydrogen) atoms. The zero-order valence-electron chi connectivity index (χ0n) is 9.46. The normalized spacial score (nSPS) is 24.2. The van der Waals surface area contributed by atoms with Crippen molar-refractivity contribution in [2.45, 2.75) is 43.9 Å². The predicted octanol–water partition coefficient (Wildman–Crippen LogP) is 0.465. The molecule has 2 atom stereocenters. The fourth-order valence-corrected chi connectivity index (χ4v) is 3.58. The molecule has 6 heteroatoms. The second-order valence-corrected chi connectivity index (χ2v) is 6.29. The van der Waals surface area contributed by atoms with E-state index in [0.29, 0.717) is 19.4 Å². The molecule has 0 amide bonds. The maximum absolute atomic E-state index is 12.0. The minimum Gasteiger partial charge on any atom is -0.396 e. The first kappa shape index (κ1) is 13.4. The Balaban J connectivity index is 2.75. The summed E-state index contributed by atoms with van der Waals surface area (Å²) in [6.45, 7) is 2.00. The predicted molar refractivity (Wildman–Crippen MR) is 60.0 cm³/mol. The Morgan fingerprint density at radius 3 is 2.88 bits per heavy atom. The lowest BCUT2D eigenvalue weighted by atomic mass is 10.1. The van der Waals surface area contributed by atoms with Crippen molar-refractivity contribution in [3.8, 4) is 6.07 Å². The van der Waals surface area contributed by atoms with Crippen LogP contribution in [0.4, 0.5) is 0 Å². The highest BCUT2D eigenvalue weighted by atomic mass is 32.2. The van der Waals surface area contributed by atoms with Gasteiger partial charge in [-0.2, -0.15) is 9.57 Å². The zero-order valence-corrected chi connectivity index (χ0v) is 10.3. The molecule has 2 unspecified atom stereocenters. The Labute approximate surface area is 96.7 Å². The monoisotopic (exact) mass is 246 g/mol. The van der Waals surface area contributed by atoms with Crippen LogP contribution in [-0.4, -0.2) is 42.3 Å². The van der Waals surface area contributed by atoms with Gasteiger partial charge in [0.1, 0.15) is 0 Å². The van der Waals surface area contributed by atoms with E-state index in [-0.39, 0.29) is 12.6 Å². The fourth-order valence-electron chi connectivity index (χ4n) is 2.03. The molecule has 1 aliphatic rings. The number of aliphatic hydroxyl groups is 1. The molecule has 1 saturated heterocycles. The quantitative estimate of drug-likeness (QED) is 0.764. The summed E-state index contributed by atoms with van der Waals surface area (Å²) in [6, 6.07) is 1.75. The summed E-state index contributed by atoms with van der Waals surface area (Å²) in [6.07, 6.45) is 2.95. The molecule has 0 aromatic carbocycles. The summed E-state index contributed by atoms with van der Waals surface area (Å²) >= 11 is 0. The molecule has 1 fully saturated rings. The van der Waals surface area contributed by atoms with Crippen molar-refractivity contribution in [2.75, 3.05) is 13.2 Å². The largest absolute Gasteiger partial charge is 0.396 e. The van der Waals surface area contributed by atoms with E-state index in [1.54, 1.807) is 6.07 Å². The molecule has 0 aromatic rings. The van der Waals surface area contributed by atoms with Crippen LogP contribution in [-0.2, 0) is 10.0 Å². The zero-order chi connectivity index (χ0) is 12.2. The smallest absolute Gasteiger partial charge is 0.230 e. The lowest BCUT2D eigenvalue weighted by Gasteiger charge is -2.24. The van der Waals surface area contributed by atoms with Gasteiger partial charge in [-0.05, 0) is 32.6 Å². The first-order valence-electron chi connectivity index (χ1n) is 5.55. The molecular weight excluding hydrogens is 228 g/mol. The number of sulfonamides is 1. The van der Waals surface area contributed by atoms with Gasteiger partial charge in [-0.3, -0.25) is 0 Å². The number of aliphatic hydroxyl groups excluding tert-OH is 1. The SMILES string of the molecule is CC(C#N)S(=O)(=O)N1CCCC1CCCO. The van der Waals surface area contributed by atoms with Crippen LogP contribution in [0.25, 0.3) is 0 Å². The van der Waals surface area contributed by atoms with Gasteiger partial charge in [0.15, 0.2) is 5.25 Å². The molecule has 92 valence electrons. The Hall–Kier alpha value is -0.640. The van der Waals surface area contributed by atoms with Gasteiger partial charge in [-0.15, -0.1) is 0 Å². The third-order valence-corrected chi connectivity index (χ3v) is 5.11. The van der Waals surface area contributed by atoms with Crippen LogP contribution in [0.1, 0.15) is 32.6 Å². The molecule has 1 aliphatic heterocycles. The maximum Gasteiger partial charge on any atom is 0.230 e. The second-order valence-electron chi connectivity index (χ2n) is 4.09. The molecule has 5 nitrogen and oxygen atoms in total. The molecule has 1 heterocycles. The lowest BCUT2D eigenvalue weighted by Crippen LogP contribution is -2.40. The van der Waals surface area contributed by atoms with Crippen LogP contribution in [0.3, 0.4) is 0 Å². The molecule has 1 rings (SSSR count). The molecule has 0 spiro atoms. The van der Waals surface area contributed by atoms with E-state index in [1.165, 1.54) is 11.2 Å². The Bertz CT molecular complexity index is 361. The van der Waals surface area contributed by atoms with E-state index in [2.05, 4.69) is 0 Å². The Kier molecular flexibility index (Phi) is 4.71. The number of nitrogens with zero attached hydrogens (tertiary/aromatic N) is 2. The van der Waals surface area contributed by atoms with Gasteiger partial charge < -0.3 is 5.11 Å². The summed E-state index contributed by atoms with van der Waals surface area (Å²) < 4.78 is 25.4. The Morgan fingerprint density at radius 2 is 2.31 bits per heavy atom. The van der Waals surface area contributed by atoms with E-state index >= 15 is 0 Å². The molecule has 0 bridgehead atoms. The highest BCUT2D eigenvalue weighted by molar-refractivity contribution is 7.90. The van der Waals surface area contributed by atoms with Crippen LogP contribution in [0.2, 0.25) is 0 Å². The second kappa shape index (κ2) is 5.62. The molecular formula is C10H18N2O3S. The highest BCUT2D eigenvalue weighted by Crippen LogP contribution is 2.26. The number of rotatable bonds is 5. The van der Waals surface area contributed by atoms with E-state index in [4.69, 9.17) is 10.4 Å². The standard InChI is InChI=1S/C10H18N2O3S/c1-9(8-11)16(14,15)12-6-2-4-10(12)5-3-7-13/h9-10,13H,2-7H2,1H3. The van der Waals surface area contributed by atoms with Crippen molar-refractivity contribution in [3.05, 3.63) is 0 Å². The third kappa shape index (κ3) is 2.73. The van der Waals surface area contributed by atoms with E-state index in [0.717, 1.165) is 12.8 Å². The summed E-state index contributed by atoms with van der Waals surface area (Å²) in [7, 11) is -3.48. The minimum atomic E-state index is -3.48. The van der Waals surface area contributed by atoms with Crippen LogP contribution in [0.5, 0.6) is 0 Å². The summed E-state index contributed by atoms with van der Waals surface area (Å²) in [5, 5.41) is 16.5. The summed E-state index contributed by atoms with van der Waals surface area (Å²) in [4.78, 5) is 0. The van der Waals surface area contributed by atoms with E-state index < -0.39 is 15.3 Å². The van der Waals surface area contributed by atoms with Gasteiger partial charge in [-0.1, -0.05) is 0 Å². The fraction of sp³-hybridized carbons (Fsp3) is 0.900. The summed E-state index contributed by atoms with van der Waals surface area (Å²) in [5.41, 5.74) is 0. The van der Waals surface area contributed by atoms with Crippen molar-refractivity contribution in [1.82, 2.24) is 4.31 Å². The Morgan fingerprint density at radius 1 is 1.62 bits per heavy atom. The van der Waals surface area contributed by atoms with Crippen molar-refractivity contribution in [2.24, 2.45) is 0 Å². The molecule has 1 N–H and O–H groups in total. The van der Waals surface area contributed by atoms with Crippen LogP contribution in [0, 0.1) is 11.3 Å². The average molecular weight is 246 g/mol. The van der Waals surface area contributed by atoms with Crippen LogP contribution >= 0.6 is 0 Å². The van der Waals surface area contributed by atoms with Crippen molar-refractivity contribution in [1.29, 1.82) is 5.26 Å². The average Bonchev–Trinajstić information content (AvgIpc) is 2.73. The van der Waals surface area contributed by atoms with E-state index in [9.17, 15) is 8.42 Å². The van der Waals surface area contributed by atoms with Crippen molar-refractivity contribution < 1.29 is 13.5 Å². The van der Waals surface area contributed by atoms with Gasteiger partial charge in [-0.25, -0.2) is 8.42 Å². The lowest BCUT2D eigenvalue weighted by molar-refractivity contribution is 0.264. The van der Waals surface area contributed by atoms with Crippen molar-refractivity contribution >= 4 is 10.0 Å². The van der Waals surface area contributed by atoms with Crippen LogP contribution < -0.4 is 0 Å². The number of hydrogen-bond donors (Lipinski definition) is 1. The number of hydrogen-bond acceptors (Lipinski definition) is 4. The van der Waals surface area contributed by atoms with Gasteiger partial charge in [0.2, 0.25) is 10.0 Å². The number of nitriles is 1. The maximum atomic E-state index is 12.0. The van der Waals surface area contributed by atoms with E-state index in [1.807, 2.05) is 0 Å². The van der Waals surface area contributed by atoms with Gasteiger partial charge in [0.25, 0.3) is 0 Å².